The number of nitrogens with zero attached hydrogens (tertiary/aromatic N) is 2. The molecule has 1 aliphatic rings. The van der Waals surface area contributed by atoms with Crippen LogP contribution in [0.1, 0.15) is 37.3 Å². The van der Waals surface area contributed by atoms with Crippen molar-refractivity contribution >= 4 is 32.5 Å². The zero-order valence-corrected chi connectivity index (χ0v) is 21.4. The highest BCUT2D eigenvalue weighted by Gasteiger charge is 2.52. The van der Waals surface area contributed by atoms with Crippen molar-refractivity contribution in [3.8, 4) is 6.07 Å². The van der Waals surface area contributed by atoms with E-state index in [1.54, 1.807) is 49.4 Å². The van der Waals surface area contributed by atoms with Gasteiger partial charge in [-0.2, -0.15) is 5.26 Å². The van der Waals surface area contributed by atoms with Crippen molar-refractivity contribution in [2.45, 2.75) is 48.4 Å². The van der Waals surface area contributed by atoms with E-state index in [0.717, 1.165) is 5.39 Å². The molecule has 1 aliphatic heterocycles. The van der Waals surface area contributed by atoms with Gasteiger partial charge in [-0.25, -0.2) is 13.2 Å². The molecule has 0 saturated carbocycles. The molecular weight excluding hydrogens is 490 g/mol. The maximum atomic E-state index is 14.2. The molecule has 0 aromatic heterocycles. The molecule has 9 heteroatoms. The lowest BCUT2D eigenvalue weighted by molar-refractivity contribution is -0.157. The minimum Gasteiger partial charge on any atom is -0.464 e. The van der Waals surface area contributed by atoms with Gasteiger partial charge in [0.15, 0.2) is 0 Å². The Bertz CT molecular complexity index is 1460. The van der Waals surface area contributed by atoms with Crippen molar-refractivity contribution in [1.82, 2.24) is 4.90 Å². The van der Waals surface area contributed by atoms with E-state index >= 15 is 0 Å². The van der Waals surface area contributed by atoms with Gasteiger partial charge in [-0.05, 0) is 66.8 Å². The molecule has 1 fully saturated rings. The minimum atomic E-state index is -4.45. The van der Waals surface area contributed by atoms with Crippen LogP contribution in [0.2, 0.25) is 0 Å². The van der Waals surface area contributed by atoms with Crippen LogP contribution in [0.3, 0.4) is 0 Å². The van der Waals surface area contributed by atoms with Gasteiger partial charge in [0.05, 0.1) is 23.1 Å². The molecule has 2 N–H and O–H groups in total. The Morgan fingerprint density at radius 3 is 2.46 bits per heavy atom. The zero-order valence-electron chi connectivity index (χ0n) is 20.6. The van der Waals surface area contributed by atoms with Crippen LogP contribution in [0.25, 0.3) is 10.8 Å². The number of carbonyl (C=O) groups is 2. The van der Waals surface area contributed by atoms with Crippen LogP contribution in [0, 0.1) is 11.3 Å². The third kappa shape index (κ3) is 5.08. The van der Waals surface area contributed by atoms with Crippen LogP contribution in [0.4, 0.5) is 0 Å². The summed E-state index contributed by atoms with van der Waals surface area (Å²) in [5.41, 5.74) is 7.54. The average Bonchev–Trinajstić information content (AvgIpc) is 2.92. The number of ether oxygens (including phenoxy) is 1. The summed E-state index contributed by atoms with van der Waals surface area (Å²) in [6.07, 6.45) is 1.36. The Morgan fingerprint density at radius 2 is 1.78 bits per heavy atom. The highest BCUT2D eigenvalue weighted by molar-refractivity contribution is 7.93. The van der Waals surface area contributed by atoms with Gasteiger partial charge in [-0.15, -0.1) is 0 Å². The minimum absolute atomic E-state index is 0.0830. The third-order valence-corrected chi connectivity index (χ3v) is 8.90. The van der Waals surface area contributed by atoms with Crippen molar-refractivity contribution < 1.29 is 22.7 Å². The largest absolute Gasteiger partial charge is 0.464 e. The number of hydrogen-bond acceptors (Lipinski definition) is 7. The van der Waals surface area contributed by atoms with Gasteiger partial charge >= 0.3 is 5.97 Å². The van der Waals surface area contributed by atoms with Crippen molar-refractivity contribution in [3.05, 3.63) is 77.9 Å². The predicted octanol–water partition coefficient (Wildman–Crippen LogP) is 3.33. The van der Waals surface area contributed by atoms with Crippen molar-refractivity contribution in [3.63, 3.8) is 0 Å². The first-order valence-corrected chi connectivity index (χ1v) is 13.7. The lowest BCUT2D eigenvalue weighted by Crippen LogP contribution is -2.65. The number of nitriles is 1. The lowest BCUT2D eigenvalue weighted by Gasteiger charge is -2.39. The second-order valence-corrected chi connectivity index (χ2v) is 11.4. The summed E-state index contributed by atoms with van der Waals surface area (Å²) in [7, 11) is -4.45. The molecule has 3 aromatic carbocycles. The van der Waals surface area contributed by atoms with E-state index in [0.29, 0.717) is 35.8 Å². The Kier molecular flexibility index (Phi) is 7.62. The summed E-state index contributed by atoms with van der Waals surface area (Å²) >= 11 is 0. The standard InChI is InChI=1S/C28H29N3O5S/c1-2-36-26(32)25-9-5-6-16-31(25)27(33)28(30,18-20-10-12-21(19-29)13-11-20)37(34,35)24-15-14-22-7-3-4-8-23(22)17-24/h3-4,7-8,10-15,17,25H,2,5-6,9,16,18,30H2,1H3/t25?,28-/m1/s1. The molecule has 192 valence electrons. The highest BCUT2D eigenvalue weighted by Crippen LogP contribution is 2.32. The van der Waals surface area contributed by atoms with Crippen LogP contribution < -0.4 is 5.73 Å². The summed E-state index contributed by atoms with van der Waals surface area (Å²) in [5.74, 6) is -1.41. The Labute approximate surface area is 216 Å². The van der Waals surface area contributed by atoms with Gasteiger partial charge in [-0.1, -0.05) is 42.5 Å². The number of rotatable bonds is 7. The first kappa shape index (κ1) is 26.3. The van der Waals surface area contributed by atoms with E-state index < -0.39 is 32.6 Å². The SMILES string of the molecule is CCOC(=O)C1CCCCN1C(=O)[C@@](N)(Cc1ccc(C#N)cc1)S(=O)(=O)c1ccc2ccccc2c1. The molecule has 4 rings (SSSR count). The molecule has 1 amide bonds. The van der Waals surface area contributed by atoms with E-state index in [9.17, 15) is 18.0 Å². The fourth-order valence-electron chi connectivity index (χ4n) is 4.73. The fraction of sp³-hybridized carbons (Fsp3) is 0.321. The Morgan fingerprint density at radius 1 is 1.08 bits per heavy atom. The van der Waals surface area contributed by atoms with E-state index in [1.165, 1.54) is 17.0 Å². The number of piperidine rings is 1. The molecule has 0 radical (unpaired) electrons. The number of likely N-dealkylation sites (tertiary alicyclic amines) is 1. The molecule has 0 aliphatic carbocycles. The fourth-order valence-corrected chi connectivity index (χ4v) is 6.39. The summed E-state index contributed by atoms with van der Waals surface area (Å²) in [4.78, 5) is 25.6. The molecule has 3 aromatic rings. The van der Waals surface area contributed by atoms with Gasteiger partial charge < -0.3 is 15.4 Å². The normalized spacial score (nSPS) is 17.5. The molecule has 1 unspecified atom stereocenters. The van der Waals surface area contributed by atoms with E-state index in [-0.39, 0.29) is 24.5 Å². The van der Waals surface area contributed by atoms with Gasteiger partial charge in [-0.3, -0.25) is 4.79 Å². The average molecular weight is 520 g/mol. The van der Waals surface area contributed by atoms with Gasteiger partial charge in [0, 0.05) is 13.0 Å². The van der Waals surface area contributed by atoms with E-state index in [2.05, 4.69) is 0 Å². The van der Waals surface area contributed by atoms with E-state index in [4.69, 9.17) is 15.7 Å². The number of amides is 1. The zero-order chi connectivity index (χ0) is 26.6. The summed E-state index contributed by atoms with van der Waals surface area (Å²) in [6.45, 7) is 2.02. The van der Waals surface area contributed by atoms with Gasteiger partial charge in [0.2, 0.25) is 14.7 Å². The molecule has 2 atom stereocenters. The number of esters is 1. The number of carbonyl (C=O) groups excluding carboxylic acids is 2. The molecule has 1 saturated heterocycles. The topological polar surface area (TPSA) is 131 Å². The molecule has 37 heavy (non-hydrogen) atoms. The maximum absolute atomic E-state index is 14.2. The number of nitrogens with two attached hydrogens (primary N) is 1. The second kappa shape index (κ2) is 10.7. The number of sulfone groups is 1. The van der Waals surface area contributed by atoms with Crippen molar-refractivity contribution in [1.29, 1.82) is 5.26 Å². The highest BCUT2D eigenvalue weighted by atomic mass is 32.2. The van der Waals surface area contributed by atoms with Crippen LogP contribution in [-0.4, -0.2) is 49.3 Å². The van der Waals surface area contributed by atoms with Crippen molar-refractivity contribution in [2.24, 2.45) is 5.73 Å². The summed E-state index contributed by atoms with van der Waals surface area (Å²) in [5, 5.41) is 10.7. The van der Waals surface area contributed by atoms with Crippen molar-refractivity contribution in [2.75, 3.05) is 13.2 Å². The molecule has 0 bridgehead atoms. The first-order valence-electron chi connectivity index (χ1n) is 12.2. The van der Waals surface area contributed by atoms with E-state index in [1.807, 2.05) is 18.2 Å². The van der Waals surface area contributed by atoms with Gasteiger partial charge in [0.25, 0.3) is 5.91 Å². The van der Waals surface area contributed by atoms with Crippen LogP contribution in [0.5, 0.6) is 0 Å². The molecule has 8 nitrogen and oxygen atoms in total. The number of hydrogen-bond donors (Lipinski definition) is 1. The van der Waals surface area contributed by atoms with Crippen LogP contribution in [-0.2, 0) is 30.6 Å². The maximum Gasteiger partial charge on any atom is 0.328 e. The second-order valence-electron chi connectivity index (χ2n) is 9.15. The first-order chi connectivity index (χ1) is 17.7. The molecule has 0 spiro atoms. The Balaban J connectivity index is 1.82. The number of benzene rings is 3. The lowest BCUT2D eigenvalue weighted by atomic mass is 9.98. The van der Waals surface area contributed by atoms with Crippen LogP contribution in [0.15, 0.2) is 71.6 Å². The van der Waals surface area contributed by atoms with Crippen LogP contribution >= 0.6 is 0 Å². The quantitative estimate of drug-likeness (QED) is 0.474. The smallest absolute Gasteiger partial charge is 0.328 e. The monoisotopic (exact) mass is 519 g/mol. The summed E-state index contributed by atoms with van der Waals surface area (Å²) < 4.78 is 33.5. The van der Waals surface area contributed by atoms with Gasteiger partial charge in [0.1, 0.15) is 6.04 Å². The molecule has 1 heterocycles. The summed E-state index contributed by atoms with van der Waals surface area (Å²) in [6, 6.07) is 19.3. The molecular formula is C28H29N3O5S. The Hall–Kier alpha value is -3.74. The third-order valence-electron chi connectivity index (χ3n) is 6.74. The predicted molar refractivity (Wildman–Crippen MR) is 139 cm³/mol. The number of fused-ring (bicyclic) bond motifs is 1.